The van der Waals surface area contributed by atoms with Gasteiger partial charge in [0, 0.05) is 45.8 Å². The summed E-state index contributed by atoms with van der Waals surface area (Å²) >= 11 is 0. The van der Waals surface area contributed by atoms with Crippen molar-refractivity contribution in [1.29, 1.82) is 0 Å². The van der Waals surface area contributed by atoms with Gasteiger partial charge in [0.15, 0.2) is 0 Å². The van der Waals surface area contributed by atoms with Crippen molar-refractivity contribution in [2.45, 2.75) is 12.2 Å². The maximum Gasteiger partial charge on any atom is 0.251 e. The fourth-order valence-corrected chi connectivity index (χ4v) is 1.58. The van der Waals surface area contributed by atoms with Gasteiger partial charge in [-0.2, -0.15) is 0 Å². The second-order valence-electron chi connectivity index (χ2n) is 3.91. The van der Waals surface area contributed by atoms with Gasteiger partial charge >= 0.3 is 0 Å². The Morgan fingerprint density at radius 3 is 2.35 bits per heavy atom. The molecule has 1 aromatic carbocycles. The Labute approximate surface area is 103 Å². The van der Waals surface area contributed by atoms with E-state index in [1.54, 1.807) is 24.5 Å². The molecule has 0 aliphatic rings. The highest BCUT2D eigenvalue weighted by Gasteiger charge is 2.10. The lowest BCUT2D eigenvalue weighted by Crippen LogP contribution is -2.32. The van der Waals surface area contributed by atoms with Gasteiger partial charge in [0.25, 0.3) is 5.91 Å². The molecule has 0 radical (unpaired) electrons. The molecule has 0 aromatic heterocycles. The van der Waals surface area contributed by atoms with Gasteiger partial charge in [0.2, 0.25) is 0 Å². The van der Waals surface area contributed by atoms with Gasteiger partial charge in [-0.05, 0) is 25.1 Å². The standard InChI is InChI=1S/C11H17N3O2S/c1-7(17(2)16)6-14-11(15)8-3-9(12)5-10(13)4-8/h3-5,7H,6,12-13H2,1-2H3,(H,14,15). The highest BCUT2D eigenvalue weighted by Crippen LogP contribution is 2.13. The first kappa shape index (κ1) is 13.5. The number of carbonyl (C=O) groups excluding carboxylic acids is 1. The largest absolute Gasteiger partial charge is 0.399 e. The van der Waals surface area contributed by atoms with Crippen LogP contribution in [0.25, 0.3) is 0 Å². The Hall–Kier alpha value is -1.56. The van der Waals surface area contributed by atoms with E-state index in [-0.39, 0.29) is 11.2 Å². The number of amides is 1. The highest BCUT2D eigenvalue weighted by molar-refractivity contribution is 7.84. The van der Waals surface area contributed by atoms with Crippen molar-refractivity contribution in [2.24, 2.45) is 0 Å². The van der Waals surface area contributed by atoms with Crippen molar-refractivity contribution in [3.63, 3.8) is 0 Å². The van der Waals surface area contributed by atoms with E-state index >= 15 is 0 Å². The van der Waals surface area contributed by atoms with E-state index in [2.05, 4.69) is 5.32 Å². The molecule has 0 fully saturated rings. The summed E-state index contributed by atoms with van der Waals surface area (Å²) in [5, 5.41) is 2.61. The van der Waals surface area contributed by atoms with Gasteiger partial charge in [0.05, 0.1) is 0 Å². The Morgan fingerprint density at radius 2 is 1.88 bits per heavy atom. The Morgan fingerprint density at radius 1 is 1.35 bits per heavy atom. The molecule has 0 aliphatic carbocycles. The van der Waals surface area contributed by atoms with Gasteiger partial charge in [0.1, 0.15) is 0 Å². The number of rotatable bonds is 4. The van der Waals surface area contributed by atoms with Crippen molar-refractivity contribution >= 4 is 28.1 Å². The lowest BCUT2D eigenvalue weighted by molar-refractivity contribution is 0.0954. The zero-order chi connectivity index (χ0) is 13.0. The average molecular weight is 255 g/mol. The maximum absolute atomic E-state index is 11.8. The number of carbonyl (C=O) groups is 1. The normalized spacial score (nSPS) is 14.0. The van der Waals surface area contributed by atoms with Crippen LogP contribution in [0.15, 0.2) is 18.2 Å². The van der Waals surface area contributed by atoms with Crippen LogP contribution >= 0.6 is 0 Å². The molecule has 2 unspecified atom stereocenters. The summed E-state index contributed by atoms with van der Waals surface area (Å²) in [6.07, 6.45) is 1.61. The quantitative estimate of drug-likeness (QED) is 0.676. The third-order valence-electron chi connectivity index (χ3n) is 2.36. The van der Waals surface area contributed by atoms with E-state index in [0.29, 0.717) is 23.5 Å². The Balaban J connectivity index is 2.67. The fraction of sp³-hybridized carbons (Fsp3) is 0.364. The number of hydrogen-bond donors (Lipinski definition) is 3. The van der Waals surface area contributed by atoms with Crippen molar-refractivity contribution in [1.82, 2.24) is 5.32 Å². The zero-order valence-corrected chi connectivity index (χ0v) is 10.7. The second-order valence-corrected chi connectivity index (χ2v) is 5.71. The van der Waals surface area contributed by atoms with Gasteiger partial charge in [-0.3, -0.25) is 9.00 Å². The summed E-state index contributed by atoms with van der Waals surface area (Å²) in [5.41, 5.74) is 12.5. The smallest absolute Gasteiger partial charge is 0.251 e. The predicted molar refractivity (Wildman–Crippen MR) is 71.1 cm³/mol. The molecule has 0 heterocycles. The van der Waals surface area contributed by atoms with Crippen LogP contribution in [0.1, 0.15) is 17.3 Å². The van der Waals surface area contributed by atoms with Crippen molar-refractivity contribution < 1.29 is 9.00 Å². The van der Waals surface area contributed by atoms with E-state index < -0.39 is 10.8 Å². The summed E-state index contributed by atoms with van der Waals surface area (Å²) in [6, 6.07) is 4.69. The molecule has 17 heavy (non-hydrogen) atoms. The maximum atomic E-state index is 11.8. The molecule has 0 bridgehead atoms. The van der Waals surface area contributed by atoms with Crippen LogP contribution < -0.4 is 16.8 Å². The lowest BCUT2D eigenvalue weighted by Gasteiger charge is -2.10. The minimum absolute atomic E-state index is 0.0858. The summed E-state index contributed by atoms with van der Waals surface area (Å²) in [4.78, 5) is 11.8. The SMILES string of the molecule is CC(CNC(=O)c1cc(N)cc(N)c1)S(C)=O. The molecule has 1 amide bonds. The molecule has 1 rings (SSSR count). The van der Waals surface area contributed by atoms with Crippen LogP contribution in [0.5, 0.6) is 0 Å². The highest BCUT2D eigenvalue weighted by atomic mass is 32.2. The summed E-state index contributed by atoms with van der Waals surface area (Å²) in [7, 11) is -0.956. The molecule has 94 valence electrons. The van der Waals surface area contributed by atoms with E-state index in [9.17, 15) is 9.00 Å². The molecule has 5 N–H and O–H groups in total. The predicted octanol–water partition coefficient (Wildman–Crippen LogP) is 0.348. The average Bonchev–Trinajstić information content (AvgIpc) is 2.23. The minimum atomic E-state index is -0.956. The molecule has 1 aromatic rings. The second kappa shape index (κ2) is 5.67. The van der Waals surface area contributed by atoms with E-state index in [1.807, 2.05) is 6.92 Å². The zero-order valence-electron chi connectivity index (χ0n) is 9.90. The summed E-state index contributed by atoms with van der Waals surface area (Å²) < 4.78 is 11.1. The van der Waals surface area contributed by atoms with Crippen molar-refractivity contribution in [3.05, 3.63) is 23.8 Å². The van der Waals surface area contributed by atoms with Crippen LogP contribution in [0.2, 0.25) is 0 Å². The third-order valence-corrected chi connectivity index (χ3v) is 3.66. The van der Waals surface area contributed by atoms with Crippen LogP contribution in [-0.4, -0.2) is 28.2 Å². The van der Waals surface area contributed by atoms with Gasteiger partial charge < -0.3 is 16.8 Å². The third kappa shape index (κ3) is 4.07. The van der Waals surface area contributed by atoms with E-state index in [1.165, 1.54) is 0 Å². The number of hydrogen-bond acceptors (Lipinski definition) is 4. The molecule has 2 atom stereocenters. The summed E-state index contributed by atoms with van der Waals surface area (Å²) in [6.45, 7) is 2.17. The Bertz CT molecular complexity index is 428. The molecular weight excluding hydrogens is 238 g/mol. The molecule has 0 saturated carbocycles. The molecule has 6 heteroatoms. The number of anilines is 2. The minimum Gasteiger partial charge on any atom is -0.399 e. The van der Waals surface area contributed by atoms with Crippen LogP contribution in [0.3, 0.4) is 0 Å². The first-order valence-electron chi connectivity index (χ1n) is 5.16. The lowest BCUT2D eigenvalue weighted by atomic mass is 10.1. The van der Waals surface area contributed by atoms with Crippen molar-refractivity contribution in [2.75, 3.05) is 24.3 Å². The topological polar surface area (TPSA) is 98.2 Å². The summed E-state index contributed by atoms with van der Waals surface area (Å²) in [5.74, 6) is -0.263. The number of benzene rings is 1. The molecule has 0 saturated heterocycles. The number of nitrogens with one attached hydrogen (secondary N) is 1. The first-order valence-corrected chi connectivity index (χ1v) is 6.78. The Kier molecular flexibility index (Phi) is 4.51. The molecule has 5 nitrogen and oxygen atoms in total. The van der Waals surface area contributed by atoms with Crippen LogP contribution in [-0.2, 0) is 10.8 Å². The van der Waals surface area contributed by atoms with Gasteiger partial charge in [-0.15, -0.1) is 0 Å². The van der Waals surface area contributed by atoms with E-state index in [4.69, 9.17) is 11.5 Å². The fourth-order valence-electron chi connectivity index (χ4n) is 1.26. The molecule has 0 spiro atoms. The van der Waals surface area contributed by atoms with Crippen LogP contribution in [0.4, 0.5) is 11.4 Å². The molecular formula is C11H17N3O2S. The number of nitrogens with two attached hydrogens (primary N) is 2. The van der Waals surface area contributed by atoms with E-state index in [0.717, 1.165) is 0 Å². The van der Waals surface area contributed by atoms with Crippen molar-refractivity contribution in [3.8, 4) is 0 Å². The number of nitrogen functional groups attached to an aromatic ring is 2. The first-order chi connectivity index (χ1) is 7.90. The molecule has 0 aliphatic heterocycles. The monoisotopic (exact) mass is 255 g/mol. The van der Waals surface area contributed by atoms with Gasteiger partial charge in [-0.25, -0.2) is 0 Å². The van der Waals surface area contributed by atoms with Gasteiger partial charge in [-0.1, -0.05) is 0 Å². The van der Waals surface area contributed by atoms with Crippen LogP contribution in [0, 0.1) is 0 Å².